The molecule has 33 heavy (non-hydrogen) atoms. The molecule has 0 bridgehead atoms. The van der Waals surface area contributed by atoms with Gasteiger partial charge in [0.05, 0.1) is 41.6 Å². The maximum atomic E-state index is 14.4. The van der Waals surface area contributed by atoms with Crippen molar-refractivity contribution in [2.24, 2.45) is 5.92 Å². The summed E-state index contributed by atoms with van der Waals surface area (Å²) in [5.41, 5.74) is 0.616. The van der Waals surface area contributed by atoms with Gasteiger partial charge >= 0.3 is 0 Å². The predicted octanol–water partition coefficient (Wildman–Crippen LogP) is 3.48. The molecule has 0 unspecified atom stereocenters. The smallest absolute Gasteiger partial charge is 0.229 e. The van der Waals surface area contributed by atoms with Crippen LogP contribution in [-0.2, 0) is 14.3 Å². The van der Waals surface area contributed by atoms with E-state index >= 15 is 0 Å². The number of aromatic nitrogens is 2. The van der Waals surface area contributed by atoms with Crippen molar-refractivity contribution in [3.05, 3.63) is 35.2 Å². The summed E-state index contributed by atoms with van der Waals surface area (Å²) in [7, 11) is 0. The number of halogens is 2. The van der Waals surface area contributed by atoms with Crippen LogP contribution in [0, 0.1) is 11.7 Å². The lowest BCUT2D eigenvalue weighted by Crippen LogP contribution is -2.45. The summed E-state index contributed by atoms with van der Waals surface area (Å²) in [6.07, 6.45) is 3.03. The topological polar surface area (TPSA) is 97.4 Å². The lowest BCUT2D eigenvalue weighted by molar-refractivity contribution is -0.177. The van der Waals surface area contributed by atoms with E-state index < -0.39 is 11.4 Å². The summed E-state index contributed by atoms with van der Waals surface area (Å²) in [6, 6.07) is 4.53. The van der Waals surface area contributed by atoms with Crippen LogP contribution in [0.4, 0.5) is 16.0 Å². The highest BCUT2D eigenvalue weighted by atomic mass is 35.5. The van der Waals surface area contributed by atoms with Crippen LogP contribution in [-0.4, -0.2) is 60.4 Å². The molecular weight excluding hydrogens is 449 g/mol. The lowest BCUT2D eigenvalue weighted by atomic mass is 9.99. The Morgan fingerprint density at radius 2 is 2.24 bits per heavy atom. The number of amides is 1. The van der Waals surface area contributed by atoms with Gasteiger partial charge in [0, 0.05) is 24.8 Å². The molecule has 0 spiro atoms. The molecule has 0 aromatic carbocycles. The highest BCUT2D eigenvalue weighted by Gasteiger charge is 2.29. The summed E-state index contributed by atoms with van der Waals surface area (Å²) in [6.45, 7) is 6.76. The van der Waals surface area contributed by atoms with Crippen molar-refractivity contribution in [1.29, 1.82) is 0 Å². The fraction of sp³-hybridized carbons (Fsp3) is 0.522. The quantitative estimate of drug-likeness (QED) is 0.586. The Morgan fingerprint density at radius 1 is 1.39 bits per heavy atom. The molecule has 4 heterocycles. The lowest BCUT2D eigenvalue weighted by Gasteiger charge is -2.36. The van der Waals surface area contributed by atoms with Crippen LogP contribution in [0.3, 0.4) is 0 Å². The average molecular weight is 478 g/mol. The van der Waals surface area contributed by atoms with Crippen LogP contribution in [0.1, 0.15) is 26.7 Å². The second-order valence-corrected chi connectivity index (χ2v) is 9.41. The van der Waals surface area contributed by atoms with E-state index in [1.54, 1.807) is 12.1 Å². The Morgan fingerprint density at radius 3 is 3.00 bits per heavy atom. The number of pyridine rings is 2. The largest absolute Gasteiger partial charge is 0.376 e. The highest BCUT2D eigenvalue weighted by molar-refractivity contribution is 6.33. The molecule has 3 N–H and O–H groups in total. The third kappa shape index (κ3) is 6.17. The minimum absolute atomic E-state index is 0.0879. The van der Waals surface area contributed by atoms with Gasteiger partial charge in [0.25, 0.3) is 0 Å². The predicted molar refractivity (Wildman–Crippen MR) is 125 cm³/mol. The normalized spacial score (nSPS) is 22.5. The van der Waals surface area contributed by atoms with Crippen molar-refractivity contribution in [2.45, 2.75) is 38.4 Å². The fourth-order valence-electron chi connectivity index (χ4n) is 3.99. The number of ether oxygens (including phenoxy) is 2. The Hall–Kier alpha value is -2.33. The van der Waals surface area contributed by atoms with Gasteiger partial charge in [-0.3, -0.25) is 4.79 Å². The molecule has 2 saturated heterocycles. The monoisotopic (exact) mass is 477 g/mol. The molecule has 178 valence electrons. The highest BCUT2D eigenvalue weighted by Crippen LogP contribution is 2.30. The Bertz CT molecular complexity index is 1000. The van der Waals surface area contributed by atoms with Crippen LogP contribution >= 0.6 is 11.6 Å². The van der Waals surface area contributed by atoms with Gasteiger partial charge in [0.2, 0.25) is 5.91 Å². The third-order valence-electron chi connectivity index (χ3n) is 5.63. The van der Waals surface area contributed by atoms with Gasteiger partial charge in [-0.05, 0) is 51.4 Å². The molecular formula is C23H29ClFN5O3. The summed E-state index contributed by atoms with van der Waals surface area (Å²) in [5.74, 6) is -0.213. The second-order valence-electron chi connectivity index (χ2n) is 9.00. The number of nitrogens with zero attached hydrogens (tertiary/aromatic N) is 2. The number of hydrogen-bond donors (Lipinski definition) is 3. The van der Waals surface area contributed by atoms with E-state index in [9.17, 15) is 9.18 Å². The first kappa shape index (κ1) is 23.8. The van der Waals surface area contributed by atoms with E-state index in [1.807, 2.05) is 13.8 Å². The van der Waals surface area contributed by atoms with Gasteiger partial charge in [0.15, 0.2) is 11.6 Å². The van der Waals surface area contributed by atoms with Crippen molar-refractivity contribution < 1.29 is 18.7 Å². The summed E-state index contributed by atoms with van der Waals surface area (Å²) < 4.78 is 26.0. The zero-order chi connectivity index (χ0) is 23.4. The first-order valence-electron chi connectivity index (χ1n) is 11.1. The van der Waals surface area contributed by atoms with E-state index in [-0.39, 0.29) is 23.7 Å². The SMILES string of the molecule is CC1(C)COC[C@@H](CNc2nc(-c3cc(NC(=O)[C@@H]4CCCNC4)ncc3Cl)ccc2F)O1. The van der Waals surface area contributed by atoms with Gasteiger partial charge in [-0.25, -0.2) is 14.4 Å². The van der Waals surface area contributed by atoms with Gasteiger partial charge in [-0.15, -0.1) is 0 Å². The van der Waals surface area contributed by atoms with E-state index in [4.69, 9.17) is 21.1 Å². The number of piperidine rings is 1. The zero-order valence-electron chi connectivity index (χ0n) is 18.8. The van der Waals surface area contributed by atoms with Crippen LogP contribution in [0.5, 0.6) is 0 Å². The van der Waals surface area contributed by atoms with Crippen molar-refractivity contribution in [1.82, 2.24) is 15.3 Å². The van der Waals surface area contributed by atoms with Gasteiger partial charge in [-0.1, -0.05) is 11.6 Å². The van der Waals surface area contributed by atoms with E-state index in [1.165, 1.54) is 12.3 Å². The molecule has 2 atom stereocenters. The van der Waals surface area contributed by atoms with Crippen molar-refractivity contribution in [2.75, 3.05) is 43.5 Å². The number of anilines is 2. The number of carbonyl (C=O) groups is 1. The second kappa shape index (κ2) is 10.3. The standard InChI is InChI=1S/C23H29ClFN5O3/c1-23(2)13-32-12-15(33-23)10-28-21-18(25)5-6-19(29-21)16-8-20(27-11-17(16)24)30-22(31)14-4-3-7-26-9-14/h5-6,8,11,14-15,26H,3-4,7,9-10,12-13H2,1-2H3,(H,28,29)(H,27,30,31)/t14-,15-/m1/s1. The van der Waals surface area contributed by atoms with Gasteiger partial charge < -0.3 is 25.4 Å². The Balaban J connectivity index is 1.48. The summed E-state index contributed by atoms with van der Waals surface area (Å²) in [5, 5.41) is 9.45. The molecule has 2 aromatic rings. The van der Waals surface area contributed by atoms with Crippen molar-refractivity contribution >= 4 is 29.1 Å². The molecule has 2 fully saturated rings. The molecule has 0 radical (unpaired) electrons. The average Bonchev–Trinajstić information content (AvgIpc) is 2.80. The number of hydrogen-bond acceptors (Lipinski definition) is 7. The molecule has 0 saturated carbocycles. The molecule has 2 aliphatic rings. The minimum atomic E-state index is -0.488. The number of nitrogens with one attached hydrogen (secondary N) is 3. The first-order chi connectivity index (χ1) is 15.8. The Labute approximate surface area is 197 Å². The van der Waals surface area contributed by atoms with Crippen LogP contribution in [0.2, 0.25) is 5.02 Å². The Kier molecular flexibility index (Phi) is 7.43. The van der Waals surface area contributed by atoms with Crippen LogP contribution in [0.15, 0.2) is 24.4 Å². The third-order valence-corrected chi connectivity index (χ3v) is 5.93. The molecule has 0 aliphatic carbocycles. The molecule has 10 heteroatoms. The fourth-order valence-corrected chi connectivity index (χ4v) is 4.19. The van der Waals surface area contributed by atoms with E-state index in [2.05, 4.69) is 25.9 Å². The van der Waals surface area contributed by atoms with Crippen LogP contribution < -0.4 is 16.0 Å². The zero-order valence-corrected chi connectivity index (χ0v) is 19.5. The van der Waals surface area contributed by atoms with E-state index in [0.717, 1.165) is 19.4 Å². The number of rotatable bonds is 6. The molecule has 2 aliphatic heterocycles. The van der Waals surface area contributed by atoms with Crippen molar-refractivity contribution in [3.63, 3.8) is 0 Å². The summed E-state index contributed by atoms with van der Waals surface area (Å²) in [4.78, 5) is 21.2. The molecule has 4 rings (SSSR count). The van der Waals surface area contributed by atoms with Gasteiger partial charge in [0.1, 0.15) is 5.82 Å². The maximum Gasteiger partial charge on any atom is 0.229 e. The number of carbonyl (C=O) groups excluding carboxylic acids is 1. The molecule has 8 nitrogen and oxygen atoms in total. The molecule has 2 aromatic heterocycles. The first-order valence-corrected chi connectivity index (χ1v) is 11.5. The van der Waals surface area contributed by atoms with Gasteiger partial charge in [-0.2, -0.15) is 0 Å². The van der Waals surface area contributed by atoms with E-state index in [0.29, 0.717) is 48.4 Å². The summed E-state index contributed by atoms with van der Waals surface area (Å²) >= 11 is 6.36. The minimum Gasteiger partial charge on any atom is -0.376 e. The molecule has 1 amide bonds. The van der Waals surface area contributed by atoms with Crippen molar-refractivity contribution in [3.8, 4) is 11.3 Å². The maximum absolute atomic E-state index is 14.4. The van der Waals surface area contributed by atoms with Crippen LogP contribution in [0.25, 0.3) is 11.3 Å².